The van der Waals surface area contributed by atoms with Crippen LogP contribution in [0.15, 0.2) is 12.1 Å². The Bertz CT molecular complexity index is 605. The molecule has 4 heteroatoms. The van der Waals surface area contributed by atoms with Gasteiger partial charge in [-0.1, -0.05) is 38.8 Å². The second-order valence-corrected chi connectivity index (χ2v) is 5.05. The smallest absolute Gasteiger partial charge is 0.311 e. The van der Waals surface area contributed by atoms with Gasteiger partial charge in [0.2, 0.25) is 0 Å². The van der Waals surface area contributed by atoms with Gasteiger partial charge in [0, 0.05) is 6.07 Å². The molecule has 20 heavy (non-hydrogen) atoms. The molecule has 0 spiro atoms. The fourth-order valence-electron chi connectivity index (χ4n) is 2.01. The molecule has 0 fully saturated rings. The van der Waals surface area contributed by atoms with Crippen molar-refractivity contribution in [2.75, 3.05) is 7.11 Å². The van der Waals surface area contributed by atoms with Gasteiger partial charge in [0.15, 0.2) is 5.75 Å². The van der Waals surface area contributed by atoms with Crippen molar-refractivity contribution in [3.05, 3.63) is 32.7 Å². The number of nitro benzene ring substituents is 1. The zero-order valence-corrected chi connectivity index (χ0v) is 12.9. The van der Waals surface area contributed by atoms with E-state index >= 15 is 0 Å². The number of ether oxygens (including phenoxy) is 1. The van der Waals surface area contributed by atoms with Crippen LogP contribution in [0, 0.1) is 16.0 Å². The summed E-state index contributed by atoms with van der Waals surface area (Å²) in [6.45, 7) is 8.35. The molecular weight excluding hydrogens is 254 g/mol. The molecule has 4 nitrogen and oxygen atoms in total. The second-order valence-electron chi connectivity index (χ2n) is 5.05. The average Bonchev–Trinajstić information content (AvgIpc) is 2.45. The molecule has 1 rings (SSSR count). The highest BCUT2D eigenvalue weighted by molar-refractivity contribution is 5.53. The summed E-state index contributed by atoms with van der Waals surface area (Å²) >= 11 is 0. The monoisotopic (exact) mass is 277 g/mol. The van der Waals surface area contributed by atoms with Crippen LogP contribution in [-0.2, 0) is 0 Å². The highest BCUT2D eigenvalue weighted by atomic mass is 16.6. The van der Waals surface area contributed by atoms with Crippen molar-refractivity contribution in [3.63, 3.8) is 0 Å². The predicted molar refractivity (Wildman–Crippen MR) is 82.2 cm³/mol. The number of nitro groups is 1. The summed E-state index contributed by atoms with van der Waals surface area (Å²) in [6, 6.07) is 3.41. The van der Waals surface area contributed by atoms with Crippen LogP contribution in [0.5, 0.6) is 5.75 Å². The van der Waals surface area contributed by atoms with Crippen LogP contribution in [0.25, 0.3) is 11.6 Å². The lowest BCUT2D eigenvalue weighted by Crippen LogP contribution is -2.28. The lowest BCUT2D eigenvalue weighted by molar-refractivity contribution is -0.385. The molecule has 0 aliphatic rings. The molecule has 0 heterocycles. The fraction of sp³-hybridized carbons (Fsp3) is 0.500. The summed E-state index contributed by atoms with van der Waals surface area (Å²) in [5, 5.41) is 13.1. The van der Waals surface area contributed by atoms with Gasteiger partial charge >= 0.3 is 5.69 Å². The maximum Gasteiger partial charge on any atom is 0.311 e. The van der Waals surface area contributed by atoms with Crippen LogP contribution in [0.4, 0.5) is 5.69 Å². The number of hydrogen-bond acceptors (Lipinski definition) is 3. The number of hydrogen-bond donors (Lipinski definition) is 0. The minimum atomic E-state index is -0.391. The highest BCUT2D eigenvalue weighted by Gasteiger charge is 2.15. The Balaban J connectivity index is 3.75. The van der Waals surface area contributed by atoms with Crippen LogP contribution < -0.4 is 15.2 Å². The summed E-state index contributed by atoms with van der Waals surface area (Å²) in [6.07, 6.45) is 4.01. The Kier molecular flexibility index (Phi) is 5.74. The summed E-state index contributed by atoms with van der Waals surface area (Å²) in [5.74, 6) is 0.700. The van der Waals surface area contributed by atoms with E-state index in [-0.39, 0.29) is 5.69 Å². The van der Waals surface area contributed by atoms with Crippen molar-refractivity contribution in [3.8, 4) is 5.75 Å². The van der Waals surface area contributed by atoms with Crippen molar-refractivity contribution in [2.24, 2.45) is 5.92 Å². The van der Waals surface area contributed by atoms with Gasteiger partial charge in [-0.3, -0.25) is 10.1 Å². The largest absolute Gasteiger partial charge is 0.490 e. The van der Waals surface area contributed by atoms with Gasteiger partial charge in [0.25, 0.3) is 0 Å². The third-order valence-electron chi connectivity index (χ3n) is 3.65. The van der Waals surface area contributed by atoms with Gasteiger partial charge in [-0.15, -0.1) is 0 Å². The Morgan fingerprint density at radius 1 is 1.45 bits per heavy atom. The van der Waals surface area contributed by atoms with E-state index in [1.807, 2.05) is 0 Å². The lowest BCUT2D eigenvalue weighted by atomic mass is 10.0. The maximum atomic E-state index is 11.1. The maximum absolute atomic E-state index is 11.1. The van der Waals surface area contributed by atoms with E-state index in [2.05, 4.69) is 33.8 Å². The molecule has 0 amide bonds. The minimum absolute atomic E-state index is 0.0229. The molecule has 0 saturated heterocycles. The first-order chi connectivity index (χ1) is 9.44. The number of rotatable bonds is 5. The summed E-state index contributed by atoms with van der Waals surface area (Å²) < 4.78 is 5.16. The second kappa shape index (κ2) is 7.08. The van der Waals surface area contributed by atoms with Gasteiger partial charge in [-0.05, 0) is 35.8 Å². The van der Waals surface area contributed by atoms with Crippen LogP contribution in [0.2, 0.25) is 0 Å². The van der Waals surface area contributed by atoms with E-state index in [1.165, 1.54) is 12.7 Å². The topological polar surface area (TPSA) is 52.4 Å². The Hall–Kier alpha value is -1.84. The molecular formula is C16H23NO3. The molecule has 110 valence electrons. The predicted octanol–water partition coefficient (Wildman–Crippen LogP) is 3.01. The van der Waals surface area contributed by atoms with Crippen LogP contribution in [-0.4, -0.2) is 12.0 Å². The van der Waals surface area contributed by atoms with E-state index in [1.54, 1.807) is 12.1 Å². The standard InChI is InChI=1S/C16H23NO3/c1-6-11(3)8-13-9-15(17(18)19)16(20-5)10-14(13)12(4)7-2/h8-11H,6-7H2,1-5H3/b13-8-,14-12-. The third kappa shape index (κ3) is 3.59. The minimum Gasteiger partial charge on any atom is -0.490 e. The van der Waals surface area contributed by atoms with Crippen molar-refractivity contribution in [1.82, 2.24) is 0 Å². The Morgan fingerprint density at radius 2 is 2.10 bits per heavy atom. The normalized spacial score (nSPS) is 14.9. The quantitative estimate of drug-likeness (QED) is 0.614. The first kappa shape index (κ1) is 16.2. The van der Waals surface area contributed by atoms with E-state index in [9.17, 15) is 10.1 Å². The number of methoxy groups -OCH3 is 1. The molecule has 0 N–H and O–H groups in total. The van der Waals surface area contributed by atoms with Gasteiger partial charge in [-0.25, -0.2) is 0 Å². The van der Waals surface area contributed by atoms with Crippen LogP contribution >= 0.6 is 0 Å². The first-order valence-corrected chi connectivity index (χ1v) is 6.98. The lowest BCUT2D eigenvalue weighted by Gasteiger charge is -2.06. The molecule has 1 aromatic rings. The highest BCUT2D eigenvalue weighted by Crippen LogP contribution is 2.22. The molecule has 0 aromatic heterocycles. The first-order valence-electron chi connectivity index (χ1n) is 6.98. The third-order valence-corrected chi connectivity index (χ3v) is 3.65. The molecule has 0 bridgehead atoms. The van der Waals surface area contributed by atoms with Crippen LogP contribution in [0.1, 0.15) is 40.5 Å². The molecule has 1 unspecified atom stereocenters. The summed E-state index contributed by atoms with van der Waals surface area (Å²) in [5.41, 5.74) is 1.22. The number of benzene rings is 1. The molecule has 1 atom stereocenters. The fourth-order valence-corrected chi connectivity index (χ4v) is 2.01. The SMILES string of the molecule is CC/C(C)=c1/cc(OC)c([N+](=O)[O-])c/c1=C/C(C)CC. The zero-order chi connectivity index (χ0) is 15.3. The summed E-state index contributed by atoms with van der Waals surface area (Å²) in [7, 11) is 1.46. The van der Waals surface area contributed by atoms with Gasteiger partial charge in [0.05, 0.1) is 12.0 Å². The molecule has 0 saturated carbocycles. The van der Waals surface area contributed by atoms with Crippen LogP contribution in [0.3, 0.4) is 0 Å². The Morgan fingerprint density at radius 3 is 2.55 bits per heavy atom. The molecule has 0 radical (unpaired) electrons. The van der Waals surface area contributed by atoms with E-state index in [4.69, 9.17) is 4.74 Å². The molecule has 0 aliphatic heterocycles. The summed E-state index contributed by atoms with van der Waals surface area (Å²) in [4.78, 5) is 10.8. The van der Waals surface area contributed by atoms with Gasteiger partial charge < -0.3 is 4.74 Å². The Labute approximate surface area is 119 Å². The van der Waals surface area contributed by atoms with Crippen molar-refractivity contribution < 1.29 is 9.66 Å². The molecule has 0 aliphatic carbocycles. The number of nitrogens with zero attached hydrogens (tertiary/aromatic N) is 1. The van der Waals surface area contributed by atoms with E-state index in [0.717, 1.165) is 23.3 Å². The van der Waals surface area contributed by atoms with E-state index < -0.39 is 4.92 Å². The zero-order valence-electron chi connectivity index (χ0n) is 12.9. The van der Waals surface area contributed by atoms with E-state index in [0.29, 0.717) is 11.7 Å². The van der Waals surface area contributed by atoms with Crippen molar-refractivity contribution in [2.45, 2.75) is 40.5 Å². The average molecular weight is 277 g/mol. The van der Waals surface area contributed by atoms with Crippen molar-refractivity contribution in [1.29, 1.82) is 0 Å². The molecule has 1 aromatic carbocycles. The van der Waals surface area contributed by atoms with Gasteiger partial charge in [0.1, 0.15) is 0 Å². The van der Waals surface area contributed by atoms with Gasteiger partial charge in [-0.2, -0.15) is 0 Å². The van der Waals surface area contributed by atoms with Crippen molar-refractivity contribution >= 4 is 17.3 Å².